The van der Waals surface area contributed by atoms with Gasteiger partial charge in [0.05, 0.1) is 31.5 Å². The van der Waals surface area contributed by atoms with Crippen molar-refractivity contribution in [3.63, 3.8) is 0 Å². The fourth-order valence-corrected chi connectivity index (χ4v) is 0.856. The quantitative estimate of drug-likeness (QED) is 0.651. The van der Waals surface area contributed by atoms with E-state index in [0.717, 1.165) is 0 Å². The van der Waals surface area contributed by atoms with E-state index in [9.17, 15) is 0 Å². The Labute approximate surface area is 111 Å². The summed E-state index contributed by atoms with van der Waals surface area (Å²) in [5.74, 6) is 0. The van der Waals surface area contributed by atoms with Crippen LogP contribution < -0.4 is 0 Å². The molecule has 0 amide bonds. The van der Waals surface area contributed by atoms with E-state index in [4.69, 9.17) is 14.6 Å². The fraction of sp³-hybridized carbons (Fsp3) is 1.00. The molecule has 0 aliphatic heterocycles. The van der Waals surface area contributed by atoms with Crippen LogP contribution in [0, 0.1) is 0 Å². The number of aliphatic hydroxyl groups excluding tert-OH is 1. The monoisotopic (exact) mass is 218 g/mol. The Bertz CT molecular complexity index is 109. The number of hydrogen-bond donors (Lipinski definition) is 1. The summed E-state index contributed by atoms with van der Waals surface area (Å²) in [6.07, 6.45) is 0.232. The zero-order valence-corrected chi connectivity index (χ0v) is 8.41. The van der Waals surface area contributed by atoms with Gasteiger partial charge in [0, 0.05) is 0 Å². The molecule has 0 saturated carbocycles. The third-order valence-electron chi connectivity index (χ3n) is 1.38. The average Bonchev–Trinajstić information content (AvgIpc) is 1.99. The number of rotatable bonds is 6. The first-order chi connectivity index (χ1) is 5.56. The molecule has 0 aromatic carbocycles. The SMILES string of the molecule is CC(C)OC(C)COC(C)CO.[CaH2]. The first-order valence-corrected chi connectivity index (χ1v) is 4.44. The second-order valence-corrected chi connectivity index (χ2v) is 3.32. The molecule has 0 fully saturated rings. The third kappa shape index (κ3) is 11.1. The summed E-state index contributed by atoms with van der Waals surface area (Å²) in [5, 5.41) is 8.66. The van der Waals surface area contributed by atoms with E-state index in [1.165, 1.54) is 0 Å². The molecule has 0 heterocycles. The maximum atomic E-state index is 8.66. The summed E-state index contributed by atoms with van der Waals surface area (Å²) >= 11 is 0. The van der Waals surface area contributed by atoms with Crippen LogP contribution in [0.15, 0.2) is 0 Å². The van der Waals surface area contributed by atoms with Crippen LogP contribution in [0.3, 0.4) is 0 Å². The van der Waals surface area contributed by atoms with Gasteiger partial charge in [-0.3, -0.25) is 0 Å². The minimum absolute atomic E-state index is 0. The normalized spacial score (nSPS) is 15.2. The van der Waals surface area contributed by atoms with Crippen molar-refractivity contribution in [2.75, 3.05) is 13.2 Å². The predicted molar refractivity (Wildman–Crippen MR) is 56.7 cm³/mol. The Morgan fingerprint density at radius 3 is 2.00 bits per heavy atom. The zero-order chi connectivity index (χ0) is 9.56. The van der Waals surface area contributed by atoms with Crippen molar-refractivity contribution in [1.82, 2.24) is 0 Å². The maximum absolute atomic E-state index is 8.66. The van der Waals surface area contributed by atoms with E-state index < -0.39 is 0 Å². The second kappa shape index (κ2) is 9.69. The van der Waals surface area contributed by atoms with Gasteiger partial charge < -0.3 is 14.6 Å². The van der Waals surface area contributed by atoms with Gasteiger partial charge >= 0.3 is 37.7 Å². The van der Waals surface area contributed by atoms with Gasteiger partial charge in [0.2, 0.25) is 0 Å². The van der Waals surface area contributed by atoms with E-state index in [1.54, 1.807) is 0 Å². The molecule has 0 aliphatic rings. The van der Waals surface area contributed by atoms with Crippen LogP contribution in [-0.4, -0.2) is 74.4 Å². The molecule has 0 bridgehead atoms. The summed E-state index contributed by atoms with van der Waals surface area (Å²) in [6, 6.07) is 0. The molecular weight excluding hydrogens is 196 g/mol. The van der Waals surface area contributed by atoms with Gasteiger partial charge in [-0.2, -0.15) is 0 Å². The van der Waals surface area contributed by atoms with Crippen LogP contribution >= 0.6 is 0 Å². The van der Waals surface area contributed by atoms with Crippen molar-refractivity contribution < 1.29 is 14.6 Å². The van der Waals surface area contributed by atoms with Crippen molar-refractivity contribution in [3.8, 4) is 0 Å². The van der Waals surface area contributed by atoms with Crippen molar-refractivity contribution >= 4 is 37.7 Å². The molecule has 2 atom stereocenters. The van der Waals surface area contributed by atoms with Gasteiger partial charge in [0.25, 0.3) is 0 Å². The molecule has 0 aliphatic carbocycles. The summed E-state index contributed by atoms with van der Waals surface area (Å²) in [4.78, 5) is 0. The Morgan fingerprint density at radius 1 is 1.08 bits per heavy atom. The third-order valence-corrected chi connectivity index (χ3v) is 1.38. The molecule has 1 N–H and O–H groups in total. The van der Waals surface area contributed by atoms with Crippen LogP contribution in [0.2, 0.25) is 0 Å². The zero-order valence-electron chi connectivity index (χ0n) is 8.41. The van der Waals surface area contributed by atoms with Gasteiger partial charge in [-0.25, -0.2) is 0 Å². The van der Waals surface area contributed by atoms with E-state index in [0.29, 0.717) is 6.61 Å². The van der Waals surface area contributed by atoms with Gasteiger partial charge in [0.15, 0.2) is 0 Å². The summed E-state index contributed by atoms with van der Waals surface area (Å²) in [5.41, 5.74) is 0. The second-order valence-electron chi connectivity index (χ2n) is 3.32. The Kier molecular flexibility index (Phi) is 12.3. The Hall–Kier alpha value is 1.14. The minimum atomic E-state index is -0.0942. The standard InChI is InChI=1S/C9H20O3.Ca.2H/c1-7(2)12-9(4)6-11-8(3)5-10;;;/h7-10H,5-6H2,1-4H3;;;. The van der Waals surface area contributed by atoms with Crippen LogP contribution in [0.1, 0.15) is 27.7 Å². The van der Waals surface area contributed by atoms with Gasteiger partial charge in [-0.1, -0.05) is 0 Å². The first-order valence-electron chi connectivity index (χ1n) is 4.44. The van der Waals surface area contributed by atoms with E-state index >= 15 is 0 Å². The summed E-state index contributed by atoms with van der Waals surface area (Å²) < 4.78 is 10.7. The molecule has 0 saturated heterocycles. The average molecular weight is 218 g/mol. The van der Waals surface area contributed by atoms with Gasteiger partial charge in [-0.15, -0.1) is 0 Å². The summed E-state index contributed by atoms with van der Waals surface area (Å²) in [7, 11) is 0. The van der Waals surface area contributed by atoms with Crippen LogP contribution in [0.5, 0.6) is 0 Å². The number of ether oxygens (including phenoxy) is 2. The van der Waals surface area contributed by atoms with Gasteiger partial charge in [0.1, 0.15) is 0 Å². The molecule has 0 aromatic rings. The molecule has 0 radical (unpaired) electrons. The van der Waals surface area contributed by atoms with Crippen molar-refractivity contribution in [2.24, 2.45) is 0 Å². The Morgan fingerprint density at radius 2 is 1.62 bits per heavy atom. The van der Waals surface area contributed by atoms with Gasteiger partial charge in [-0.05, 0) is 27.7 Å². The molecule has 0 aromatic heterocycles. The van der Waals surface area contributed by atoms with Crippen LogP contribution in [0.25, 0.3) is 0 Å². The van der Waals surface area contributed by atoms with Crippen LogP contribution in [0.4, 0.5) is 0 Å². The van der Waals surface area contributed by atoms with E-state index in [-0.39, 0.29) is 62.7 Å². The van der Waals surface area contributed by atoms with E-state index in [2.05, 4.69) is 0 Å². The first kappa shape index (κ1) is 16.6. The molecule has 0 spiro atoms. The molecular formula is C9H22CaO3. The number of aliphatic hydroxyl groups is 1. The molecule has 78 valence electrons. The molecule has 0 rings (SSSR count). The predicted octanol–water partition coefficient (Wildman–Crippen LogP) is 0.281. The van der Waals surface area contributed by atoms with E-state index in [1.807, 2.05) is 27.7 Å². The summed E-state index contributed by atoms with van der Waals surface area (Å²) in [6.45, 7) is 8.39. The Balaban J connectivity index is 0. The van der Waals surface area contributed by atoms with Crippen molar-refractivity contribution in [2.45, 2.75) is 46.0 Å². The molecule has 4 heteroatoms. The van der Waals surface area contributed by atoms with Crippen LogP contribution in [-0.2, 0) is 9.47 Å². The molecule has 2 unspecified atom stereocenters. The molecule has 3 nitrogen and oxygen atoms in total. The van der Waals surface area contributed by atoms with Crippen molar-refractivity contribution in [1.29, 1.82) is 0 Å². The van der Waals surface area contributed by atoms with Crippen molar-refractivity contribution in [3.05, 3.63) is 0 Å². The molecule has 13 heavy (non-hydrogen) atoms. The fourth-order valence-electron chi connectivity index (χ4n) is 0.856. The topological polar surface area (TPSA) is 38.7 Å². The number of hydrogen-bond acceptors (Lipinski definition) is 3.